The summed E-state index contributed by atoms with van der Waals surface area (Å²) in [4.78, 5) is 0. The fraction of sp³-hybridized carbons (Fsp3) is 0.0667. The van der Waals surface area contributed by atoms with E-state index in [9.17, 15) is 0 Å². The van der Waals surface area contributed by atoms with Crippen molar-refractivity contribution < 1.29 is 0 Å². The van der Waals surface area contributed by atoms with E-state index in [-0.39, 0.29) is 0 Å². The average Bonchev–Trinajstić information content (AvgIpc) is 2.46. The fourth-order valence-corrected chi connectivity index (χ4v) is 12.7. The standard InChI is InChI=1S/C15H15PSe2/c1-2-13-18-16(17,14-9-5-3-6-10-14)15-11-7-4-8-12-15/h2-12H,1,13H2. The van der Waals surface area contributed by atoms with Crippen LogP contribution in [0.15, 0.2) is 73.3 Å². The summed E-state index contributed by atoms with van der Waals surface area (Å²) < 4.78 is -1.32. The van der Waals surface area contributed by atoms with E-state index in [0.717, 1.165) is 5.32 Å². The molecule has 0 radical (unpaired) electrons. The van der Waals surface area contributed by atoms with Crippen molar-refractivity contribution in [1.82, 2.24) is 0 Å². The van der Waals surface area contributed by atoms with Gasteiger partial charge in [0.1, 0.15) is 0 Å². The van der Waals surface area contributed by atoms with Crippen molar-refractivity contribution in [2.45, 2.75) is 5.32 Å². The summed E-state index contributed by atoms with van der Waals surface area (Å²) in [5.74, 6) is 0. The van der Waals surface area contributed by atoms with Gasteiger partial charge < -0.3 is 0 Å². The third-order valence-electron chi connectivity index (χ3n) is 2.57. The molecule has 0 heterocycles. The molecule has 2 aromatic carbocycles. The van der Waals surface area contributed by atoms with E-state index in [2.05, 4.69) is 82.3 Å². The number of hydrogen-bond donors (Lipinski definition) is 0. The van der Waals surface area contributed by atoms with Crippen LogP contribution >= 0.6 is 4.20 Å². The van der Waals surface area contributed by atoms with E-state index in [0.29, 0.717) is 14.5 Å². The summed E-state index contributed by atoms with van der Waals surface area (Å²) in [6.07, 6.45) is 2.04. The van der Waals surface area contributed by atoms with Crippen LogP contribution in [0.25, 0.3) is 0 Å². The van der Waals surface area contributed by atoms with Gasteiger partial charge in [-0.15, -0.1) is 0 Å². The van der Waals surface area contributed by atoms with Gasteiger partial charge in [0.25, 0.3) is 0 Å². The third kappa shape index (κ3) is 3.15. The molecule has 2 rings (SSSR count). The molecule has 0 fully saturated rings. The molecule has 0 unspecified atom stereocenters. The van der Waals surface area contributed by atoms with Crippen LogP contribution < -0.4 is 10.6 Å². The van der Waals surface area contributed by atoms with Crippen molar-refractivity contribution >= 4 is 44.4 Å². The summed E-state index contributed by atoms with van der Waals surface area (Å²) in [6, 6.07) is 21.7. The minimum absolute atomic E-state index is 0.525. The Morgan fingerprint density at radius 3 is 1.78 bits per heavy atom. The molecule has 0 saturated heterocycles. The van der Waals surface area contributed by atoms with E-state index < -0.39 is 4.20 Å². The van der Waals surface area contributed by atoms with Crippen molar-refractivity contribution in [3.63, 3.8) is 0 Å². The maximum absolute atomic E-state index is 3.87. The van der Waals surface area contributed by atoms with Crippen molar-refractivity contribution in [2.24, 2.45) is 0 Å². The SMILES string of the molecule is C=CC[Se]P(=[Se])(c1ccccc1)c1ccccc1. The summed E-state index contributed by atoms with van der Waals surface area (Å²) >= 11 is 4.07. The van der Waals surface area contributed by atoms with Gasteiger partial charge in [-0.2, -0.15) is 0 Å². The molecule has 0 aliphatic carbocycles. The molecule has 0 atom stereocenters. The molecule has 0 aliphatic rings. The van der Waals surface area contributed by atoms with E-state index in [1.54, 1.807) is 0 Å². The Bertz CT molecular complexity index is 506. The predicted molar refractivity (Wildman–Crippen MR) is 85.6 cm³/mol. The first-order valence-corrected chi connectivity index (χ1v) is 13.2. The first-order chi connectivity index (χ1) is 8.77. The van der Waals surface area contributed by atoms with Crippen molar-refractivity contribution in [3.05, 3.63) is 73.3 Å². The quantitative estimate of drug-likeness (QED) is 0.423. The van der Waals surface area contributed by atoms with Gasteiger partial charge in [-0.25, -0.2) is 0 Å². The number of benzene rings is 2. The molecule has 0 aromatic heterocycles. The van der Waals surface area contributed by atoms with Crippen molar-refractivity contribution in [3.8, 4) is 0 Å². The molecule has 0 saturated carbocycles. The number of rotatable bonds is 5. The van der Waals surface area contributed by atoms with Gasteiger partial charge in [0.2, 0.25) is 0 Å². The van der Waals surface area contributed by atoms with Gasteiger partial charge in [0.05, 0.1) is 0 Å². The molecule has 0 N–H and O–H groups in total. The Hall–Kier alpha value is -0.351. The normalized spacial score (nSPS) is 11.1. The van der Waals surface area contributed by atoms with E-state index in [1.807, 2.05) is 6.08 Å². The molecule has 0 aliphatic heterocycles. The average molecular weight is 384 g/mol. The summed E-state index contributed by atoms with van der Waals surface area (Å²) in [6.45, 7) is 3.87. The Balaban J connectivity index is 2.48. The van der Waals surface area contributed by atoms with Gasteiger partial charge >= 0.3 is 123 Å². The molecule has 0 amide bonds. The monoisotopic (exact) mass is 386 g/mol. The van der Waals surface area contributed by atoms with Crippen LogP contribution in [0.4, 0.5) is 0 Å². The van der Waals surface area contributed by atoms with Crippen molar-refractivity contribution in [1.29, 1.82) is 0 Å². The van der Waals surface area contributed by atoms with Gasteiger partial charge in [-0.3, -0.25) is 0 Å². The molecule has 18 heavy (non-hydrogen) atoms. The second kappa shape index (κ2) is 6.71. The first-order valence-electron chi connectivity index (χ1n) is 5.74. The van der Waals surface area contributed by atoms with Crippen LogP contribution in [0.1, 0.15) is 0 Å². The van der Waals surface area contributed by atoms with Gasteiger partial charge in [-0.05, 0) is 0 Å². The minimum atomic E-state index is -1.32. The molecule has 3 heteroatoms. The Kier molecular flexibility index (Phi) is 5.24. The Morgan fingerprint density at radius 1 is 0.944 bits per heavy atom. The molecular weight excluding hydrogens is 369 g/mol. The van der Waals surface area contributed by atoms with Crippen LogP contribution in [-0.4, -0.2) is 29.6 Å². The van der Waals surface area contributed by atoms with E-state index in [4.69, 9.17) is 0 Å². The second-order valence-electron chi connectivity index (χ2n) is 3.81. The summed E-state index contributed by atoms with van der Waals surface area (Å²) in [5, 5.41) is 4.02. The zero-order valence-corrected chi connectivity index (χ0v) is 14.3. The van der Waals surface area contributed by atoms with E-state index >= 15 is 0 Å². The van der Waals surface area contributed by atoms with Crippen molar-refractivity contribution in [2.75, 3.05) is 0 Å². The topological polar surface area (TPSA) is 0 Å². The third-order valence-corrected chi connectivity index (χ3v) is 17.5. The fourth-order valence-electron chi connectivity index (χ4n) is 1.70. The summed E-state index contributed by atoms with van der Waals surface area (Å²) in [7, 11) is 0. The first kappa shape index (κ1) is 14.1. The van der Waals surface area contributed by atoms with E-state index in [1.165, 1.54) is 10.6 Å². The predicted octanol–water partition coefficient (Wildman–Crippen LogP) is 2.96. The Labute approximate surface area is 122 Å². The van der Waals surface area contributed by atoms with Crippen LogP contribution in [0.3, 0.4) is 0 Å². The number of allylic oxidation sites excluding steroid dienone is 1. The zero-order valence-electron chi connectivity index (χ0n) is 10.0. The molecule has 0 nitrogen and oxygen atoms in total. The molecule has 0 bridgehead atoms. The summed E-state index contributed by atoms with van der Waals surface area (Å²) in [5.41, 5.74) is 0. The molecular formula is C15H15PSe2. The maximum atomic E-state index is 3.87. The van der Waals surface area contributed by atoms with Crippen LogP contribution in [-0.2, 0) is 0 Å². The number of hydrogen-bond acceptors (Lipinski definition) is 0. The van der Waals surface area contributed by atoms with Gasteiger partial charge in [0, 0.05) is 0 Å². The molecule has 0 spiro atoms. The molecule has 92 valence electrons. The van der Waals surface area contributed by atoms with Crippen LogP contribution in [0.5, 0.6) is 0 Å². The second-order valence-corrected chi connectivity index (χ2v) is 18.9. The van der Waals surface area contributed by atoms with Gasteiger partial charge in [-0.1, -0.05) is 0 Å². The van der Waals surface area contributed by atoms with Crippen LogP contribution in [0.2, 0.25) is 5.32 Å². The van der Waals surface area contributed by atoms with Crippen LogP contribution in [0, 0.1) is 0 Å². The molecule has 2 aromatic rings. The van der Waals surface area contributed by atoms with Gasteiger partial charge in [0.15, 0.2) is 0 Å². The Morgan fingerprint density at radius 2 is 1.39 bits per heavy atom. The zero-order chi connectivity index (χ0) is 12.8.